The number of halogens is 1. The number of carbonyl (C=O) groups excluding carboxylic acids is 2. The molecule has 0 aromatic heterocycles. The molecule has 6 heteroatoms. The zero-order valence-corrected chi connectivity index (χ0v) is 11.1. The normalized spacial score (nSPS) is 23.8. The molecule has 19 heavy (non-hydrogen) atoms. The smallest absolute Gasteiger partial charge is 0.235 e. The third-order valence-corrected chi connectivity index (χ3v) is 3.51. The lowest BCUT2D eigenvalue weighted by Gasteiger charge is -2.18. The van der Waals surface area contributed by atoms with Gasteiger partial charge in [0.25, 0.3) is 0 Å². The zero-order chi connectivity index (χ0) is 14.0. The van der Waals surface area contributed by atoms with Gasteiger partial charge in [0, 0.05) is 11.6 Å². The second-order valence-corrected chi connectivity index (χ2v) is 4.95. The molecular formula is C13H15ClN2O3. The van der Waals surface area contributed by atoms with E-state index in [-0.39, 0.29) is 12.6 Å². The summed E-state index contributed by atoms with van der Waals surface area (Å²) in [6.07, 6.45) is -0.981. The number of carbonyl (C=O) groups is 2. The molecule has 2 amide bonds. The summed E-state index contributed by atoms with van der Waals surface area (Å²) >= 11 is 6.04. The van der Waals surface area contributed by atoms with Crippen molar-refractivity contribution in [2.24, 2.45) is 5.92 Å². The van der Waals surface area contributed by atoms with E-state index >= 15 is 0 Å². The van der Waals surface area contributed by atoms with Crippen molar-refractivity contribution in [2.75, 3.05) is 6.54 Å². The average molecular weight is 283 g/mol. The molecule has 0 radical (unpaired) electrons. The van der Waals surface area contributed by atoms with Gasteiger partial charge in [0.05, 0.1) is 12.1 Å². The van der Waals surface area contributed by atoms with E-state index in [9.17, 15) is 14.7 Å². The molecule has 1 aliphatic heterocycles. The van der Waals surface area contributed by atoms with Gasteiger partial charge in [-0.05, 0) is 18.6 Å². The van der Waals surface area contributed by atoms with Crippen molar-refractivity contribution >= 4 is 23.4 Å². The summed E-state index contributed by atoms with van der Waals surface area (Å²) < 4.78 is 0. The van der Waals surface area contributed by atoms with Crippen LogP contribution >= 0.6 is 11.6 Å². The first-order valence-electron chi connectivity index (χ1n) is 6.01. The standard InChI is InChI=1S/C13H15ClN2O3/c1-7(8-4-2-3-5-9(8)14)16-13(19)11-10(17)6-15-12(11)18/h2-5,7,10-11,17H,6H2,1H3,(H,15,18)(H,16,19). The molecule has 0 aliphatic carbocycles. The number of nitrogens with one attached hydrogen (secondary N) is 2. The van der Waals surface area contributed by atoms with Crippen LogP contribution in [0.4, 0.5) is 0 Å². The van der Waals surface area contributed by atoms with Gasteiger partial charge in [-0.15, -0.1) is 0 Å². The molecule has 1 aliphatic rings. The Morgan fingerprint density at radius 3 is 2.79 bits per heavy atom. The van der Waals surface area contributed by atoms with Crippen LogP contribution in [-0.2, 0) is 9.59 Å². The Morgan fingerprint density at radius 2 is 2.21 bits per heavy atom. The number of aliphatic hydroxyl groups excluding tert-OH is 1. The Bertz CT molecular complexity index is 506. The van der Waals surface area contributed by atoms with Crippen LogP contribution in [0.2, 0.25) is 5.02 Å². The maximum absolute atomic E-state index is 12.0. The number of rotatable bonds is 3. The van der Waals surface area contributed by atoms with E-state index < -0.39 is 23.8 Å². The second-order valence-electron chi connectivity index (χ2n) is 4.54. The van der Waals surface area contributed by atoms with Crippen LogP contribution < -0.4 is 10.6 Å². The lowest BCUT2D eigenvalue weighted by molar-refractivity contribution is -0.136. The number of amides is 2. The minimum atomic E-state index is -1.05. The fraction of sp³-hybridized carbons (Fsp3) is 0.385. The van der Waals surface area contributed by atoms with Gasteiger partial charge < -0.3 is 15.7 Å². The first-order chi connectivity index (χ1) is 9.00. The molecule has 1 aromatic carbocycles. The number of hydrogen-bond acceptors (Lipinski definition) is 3. The molecule has 1 heterocycles. The molecule has 5 nitrogen and oxygen atoms in total. The molecule has 0 saturated carbocycles. The van der Waals surface area contributed by atoms with E-state index in [1.54, 1.807) is 25.1 Å². The van der Waals surface area contributed by atoms with E-state index in [0.717, 1.165) is 5.56 Å². The number of β-amino-alcohol motifs (C(OH)–C–C–N with tert-alkyl or cyclic N) is 1. The van der Waals surface area contributed by atoms with Gasteiger partial charge in [-0.1, -0.05) is 29.8 Å². The highest BCUT2D eigenvalue weighted by Gasteiger charge is 2.39. The van der Waals surface area contributed by atoms with Gasteiger partial charge in [-0.3, -0.25) is 9.59 Å². The quantitative estimate of drug-likeness (QED) is 0.712. The lowest BCUT2D eigenvalue weighted by Crippen LogP contribution is -2.40. The zero-order valence-electron chi connectivity index (χ0n) is 10.4. The summed E-state index contributed by atoms with van der Waals surface area (Å²) in [6.45, 7) is 1.88. The number of hydrogen-bond donors (Lipinski definition) is 3. The van der Waals surface area contributed by atoms with E-state index in [1.165, 1.54) is 0 Å². The van der Waals surface area contributed by atoms with Gasteiger partial charge in [-0.25, -0.2) is 0 Å². The highest BCUT2D eigenvalue weighted by molar-refractivity contribution is 6.31. The molecule has 0 bridgehead atoms. The van der Waals surface area contributed by atoms with Crippen LogP contribution in [0.3, 0.4) is 0 Å². The predicted octanol–water partition coefficient (Wildman–Crippen LogP) is 0.624. The van der Waals surface area contributed by atoms with E-state index in [2.05, 4.69) is 10.6 Å². The predicted molar refractivity (Wildman–Crippen MR) is 70.5 cm³/mol. The van der Waals surface area contributed by atoms with Crippen LogP contribution in [0, 0.1) is 5.92 Å². The Labute approximate surface area is 116 Å². The highest BCUT2D eigenvalue weighted by Crippen LogP contribution is 2.23. The van der Waals surface area contributed by atoms with Crippen molar-refractivity contribution in [1.82, 2.24) is 10.6 Å². The highest BCUT2D eigenvalue weighted by atomic mass is 35.5. The van der Waals surface area contributed by atoms with Crippen molar-refractivity contribution in [2.45, 2.75) is 19.1 Å². The summed E-state index contributed by atoms with van der Waals surface area (Å²) in [5, 5.41) is 15.3. The molecule has 102 valence electrons. The molecular weight excluding hydrogens is 268 g/mol. The Morgan fingerprint density at radius 1 is 1.53 bits per heavy atom. The maximum Gasteiger partial charge on any atom is 0.235 e. The summed E-state index contributed by atoms with van der Waals surface area (Å²) in [5.41, 5.74) is 0.769. The summed E-state index contributed by atoms with van der Waals surface area (Å²) in [5.74, 6) is -1.99. The second kappa shape index (κ2) is 5.59. The molecule has 3 N–H and O–H groups in total. The van der Waals surface area contributed by atoms with Crippen LogP contribution in [0.1, 0.15) is 18.5 Å². The summed E-state index contributed by atoms with van der Waals surface area (Å²) in [4.78, 5) is 23.4. The third-order valence-electron chi connectivity index (χ3n) is 3.17. The average Bonchev–Trinajstić information content (AvgIpc) is 2.69. The van der Waals surface area contributed by atoms with Crippen molar-refractivity contribution in [1.29, 1.82) is 0 Å². The Kier molecular flexibility index (Phi) is 4.07. The van der Waals surface area contributed by atoms with E-state index in [1.807, 2.05) is 6.07 Å². The van der Waals surface area contributed by atoms with Crippen LogP contribution in [-0.4, -0.2) is 29.6 Å². The fourth-order valence-corrected chi connectivity index (χ4v) is 2.41. The summed E-state index contributed by atoms with van der Waals surface area (Å²) in [6, 6.07) is 6.83. The first-order valence-corrected chi connectivity index (χ1v) is 6.39. The topological polar surface area (TPSA) is 78.4 Å². The van der Waals surface area contributed by atoms with Gasteiger partial charge in [0.15, 0.2) is 0 Å². The largest absolute Gasteiger partial charge is 0.390 e. The van der Waals surface area contributed by atoms with Crippen LogP contribution in [0.5, 0.6) is 0 Å². The molecule has 1 saturated heterocycles. The number of aliphatic hydroxyl groups is 1. The molecule has 0 spiro atoms. The fourth-order valence-electron chi connectivity index (χ4n) is 2.11. The SMILES string of the molecule is CC(NC(=O)C1C(=O)NCC1O)c1ccccc1Cl. The van der Waals surface area contributed by atoms with Crippen molar-refractivity contribution in [3.63, 3.8) is 0 Å². The minimum absolute atomic E-state index is 0.109. The maximum atomic E-state index is 12.0. The molecule has 1 aromatic rings. The van der Waals surface area contributed by atoms with Crippen molar-refractivity contribution in [3.8, 4) is 0 Å². The van der Waals surface area contributed by atoms with Gasteiger partial charge >= 0.3 is 0 Å². The van der Waals surface area contributed by atoms with E-state index in [0.29, 0.717) is 5.02 Å². The van der Waals surface area contributed by atoms with Gasteiger partial charge in [0.1, 0.15) is 5.92 Å². The van der Waals surface area contributed by atoms with Crippen molar-refractivity contribution < 1.29 is 14.7 Å². The third kappa shape index (κ3) is 2.88. The molecule has 1 fully saturated rings. The number of benzene rings is 1. The van der Waals surface area contributed by atoms with Gasteiger partial charge in [0.2, 0.25) is 11.8 Å². The van der Waals surface area contributed by atoms with E-state index in [4.69, 9.17) is 11.6 Å². The molecule has 3 unspecified atom stereocenters. The molecule has 3 atom stereocenters. The first kappa shape index (κ1) is 13.8. The minimum Gasteiger partial charge on any atom is -0.390 e. The monoisotopic (exact) mass is 282 g/mol. The Hall–Kier alpha value is -1.59. The van der Waals surface area contributed by atoms with Gasteiger partial charge in [-0.2, -0.15) is 0 Å². The lowest BCUT2D eigenvalue weighted by atomic mass is 10.0. The van der Waals surface area contributed by atoms with Crippen molar-refractivity contribution in [3.05, 3.63) is 34.9 Å². The van der Waals surface area contributed by atoms with Crippen LogP contribution in [0.15, 0.2) is 24.3 Å². The van der Waals surface area contributed by atoms with Crippen LogP contribution in [0.25, 0.3) is 0 Å². The molecule has 2 rings (SSSR count). The summed E-state index contributed by atoms with van der Waals surface area (Å²) in [7, 11) is 0. The Balaban J connectivity index is 2.07.